The number of rotatable bonds is 6. The summed E-state index contributed by atoms with van der Waals surface area (Å²) in [5, 5.41) is 12.5. The molecule has 2 fully saturated rings. The second kappa shape index (κ2) is 9.78. The van der Waals surface area contributed by atoms with Crippen molar-refractivity contribution in [2.24, 2.45) is 0 Å². The fourth-order valence-electron chi connectivity index (χ4n) is 3.94. The lowest BCUT2D eigenvalue weighted by Crippen LogP contribution is -2.48. The van der Waals surface area contributed by atoms with Gasteiger partial charge in [0.15, 0.2) is 4.34 Å². The van der Waals surface area contributed by atoms with Crippen molar-refractivity contribution in [3.8, 4) is 0 Å². The number of amides is 2. The Morgan fingerprint density at radius 1 is 1.13 bits per heavy atom. The maximum atomic E-state index is 12.8. The number of piperazine rings is 1. The molecule has 2 heterocycles. The van der Waals surface area contributed by atoms with Crippen LogP contribution in [0.15, 0.2) is 28.6 Å². The molecule has 0 bridgehead atoms. The van der Waals surface area contributed by atoms with Crippen LogP contribution >= 0.6 is 23.1 Å². The summed E-state index contributed by atoms with van der Waals surface area (Å²) >= 11 is 2.96. The number of aryl methyl sites for hydroxylation is 1. The standard InChI is InChI=1S/C21H27N5O2S2/c1-15-6-2-5-9-17(15)19(28)25-10-12-26(13-11-25)20-23-24-21(30-20)29-14-18(27)22-16-7-3-4-8-16/h2,5-6,9,16H,3-4,7-8,10-14H2,1H3,(H,22,27). The largest absolute Gasteiger partial charge is 0.353 e. The van der Waals surface area contributed by atoms with Crippen molar-refractivity contribution < 1.29 is 9.59 Å². The van der Waals surface area contributed by atoms with Gasteiger partial charge in [-0.3, -0.25) is 9.59 Å². The van der Waals surface area contributed by atoms with Crippen LogP contribution in [-0.2, 0) is 4.79 Å². The number of nitrogens with zero attached hydrogens (tertiary/aromatic N) is 4. The first kappa shape index (κ1) is 21.1. The van der Waals surface area contributed by atoms with E-state index in [1.54, 1.807) is 0 Å². The van der Waals surface area contributed by atoms with Crippen LogP contribution in [0.2, 0.25) is 0 Å². The van der Waals surface area contributed by atoms with Gasteiger partial charge in [-0.2, -0.15) is 0 Å². The van der Waals surface area contributed by atoms with E-state index in [0.29, 0.717) is 24.9 Å². The van der Waals surface area contributed by atoms with Gasteiger partial charge in [0.25, 0.3) is 5.91 Å². The third kappa shape index (κ3) is 5.13. The Labute approximate surface area is 185 Å². The zero-order chi connectivity index (χ0) is 20.9. The molecule has 1 saturated carbocycles. The Kier molecular flexibility index (Phi) is 6.89. The van der Waals surface area contributed by atoms with E-state index in [1.807, 2.05) is 36.1 Å². The van der Waals surface area contributed by atoms with Crippen molar-refractivity contribution in [1.29, 1.82) is 0 Å². The SMILES string of the molecule is Cc1ccccc1C(=O)N1CCN(c2nnc(SCC(=O)NC3CCCC3)s2)CC1. The van der Waals surface area contributed by atoms with Gasteiger partial charge >= 0.3 is 0 Å². The van der Waals surface area contributed by atoms with Crippen molar-refractivity contribution in [3.63, 3.8) is 0 Å². The lowest BCUT2D eigenvalue weighted by molar-refractivity contribution is -0.119. The third-order valence-corrected chi connectivity index (χ3v) is 7.77. The first-order valence-corrected chi connectivity index (χ1v) is 12.3. The van der Waals surface area contributed by atoms with Crippen LogP contribution in [0.25, 0.3) is 0 Å². The predicted molar refractivity (Wildman–Crippen MR) is 120 cm³/mol. The lowest BCUT2D eigenvalue weighted by Gasteiger charge is -2.34. The summed E-state index contributed by atoms with van der Waals surface area (Å²) in [5.41, 5.74) is 1.78. The van der Waals surface area contributed by atoms with Gasteiger partial charge in [0.05, 0.1) is 5.75 Å². The molecule has 1 aliphatic heterocycles. The van der Waals surface area contributed by atoms with Gasteiger partial charge in [0.1, 0.15) is 0 Å². The summed E-state index contributed by atoms with van der Waals surface area (Å²) in [4.78, 5) is 29.0. The molecular weight excluding hydrogens is 418 g/mol. The van der Waals surface area contributed by atoms with E-state index in [4.69, 9.17) is 0 Å². The highest BCUT2D eigenvalue weighted by molar-refractivity contribution is 8.01. The number of nitrogens with one attached hydrogen (secondary N) is 1. The highest BCUT2D eigenvalue weighted by Gasteiger charge is 2.25. The molecule has 1 aromatic carbocycles. The smallest absolute Gasteiger partial charge is 0.254 e. The van der Waals surface area contributed by atoms with Crippen molar-refractivity contribution in [2.75, 3.05) is 36.8 Å². The number of hydrogen-bond acceptors (Lipinski definition) is 7. The molecule has 0 atom stereocenters. The molecule has 0 unspecified atom stereocenters. The fraction of sp³-hybridized carbons (Fsp3) is 0.524. The summed E-state index contributed by atoms with van der Waals surface area (Å²) in [6.07, 6.45) is 4.61. The molecule has 4 rings (SSSR count). The highest BCUT2D eigenvalue weighted by atomic mass is 32.2. The number of thioether (sulfide) groups is 1. The van der Waals surface area contributed by atoms with Gasteiger partial charge in [-0.05, 0) is 31.4 Å². The molecule has 0 spiro atoms. The van der Waals surface area contributed by atoms with Crippen LogP contribution in [0.4, 0.5) is 5.13 Å². The van der Waals surface area contributed by atoms with Gasteiger partial charge < -0.3 is 15.1 Å². The minimum absolute atomic E-state index is 0.0759. The van der Waals surface area contributed by atoms with Gasteiger partial charge in [-0.15, -0.1) is 10.2 Å². The Balaban J connectivity index is 1.25. The zero-order valence-electron chi connectivity index (χ0n) is 17.2. The molecule has 160 valence electrons. The minimum Gasteiger partial charge on any atom is -0.353 e. The molecule has 1 saturated heterocycles. The third-order valence-electron chi connectivity index (χ3n) is 5.66. The number of hydrogen-bond donors (Lipinski definition) is 1. The number of carbonyl (C=O) groups is 2. The van der Waals surface area contributed by atoms with Gasteiger partial charge in [0.2, 0.25) is 11.0 Å². The molecule has 2 amide bonds. The summed E-state index contributed by atoms with van der Waals surface area (Å²) in [7, 11) is 0. The second-order valence-corrected chi connectivity index (χ2v) is 9.96. The monoisotopic (exact) mass is 445 g/mol. The van der Waals surface area contributed by atoms with Crippen LogP contribution in [0.3, 0.4) is 0 Å². The van der Waals surface area contributed by atoms with Crippen LogP contribution in [-0.4, -0.2) is 64.9 Å². The molecule has 2 aromatic rings. The molecule has 0 radical (unpaired) electrons. The number of anilines is 1. The molecule has 1 N–H and O–H groups in total. The second-order valence-electron chi connectivity index (χ2n) is 7.78. The molecule has 9 heteroatoms. The van der Waals surface area contributed by atoms with E-state index in [0.717, 1.165) is 46.5 Å². The van der Waals surface area contributed by atoms with Crippen LogP contribution < -0.4 is 10.2 Å². The van der Waals surface area contributed by atoms with E-state index in [-0.39, 0.29) is 11.8 Å². The maximum Gasteiger partial charge on any atom is 0.254 e. The molecule has 7 nitrogen and oxygen atoms in total. The average Bonchev–Trinajstić information content (AvgIpc) is 3.44. The van der Waals surface area contributed by atoms with E-state index in [2.05, 4.69) is 20.4 Å². The normalized spacial score (nSPS) is 17.4. The minimum atomic E-state index is 0.0759. The van der Waals surface area contributed by atoms with Gasteiger partial charge in [-0.25, -0.2) is 0 Å². The number of benzene rings is 1. The van der Waals surface area contributed by atoms with Crippen molar-refractivity contribution in [3.05, 3.63) is 35.4 Å². The molecular formula is C21H27N5O2S2. The van der Waals surface area contributed by atoms with Crippen molar-refractivity contribution in [2.45, 2.75) is 43.0 Å². The van der Waals surface area contributed by atoms with Gasteiger partial charge in [0, 0.05) is 37.8 Å². The average molecular weight is 446 g/mol. The highest BCUT2D eigenvalue weighted by Crippen LogP contribution is 2.29. The fourth-order valence-corrected chi connectivity index (χ4v) is 5.64. The first-order chi connectivity index (χ1) is 14.6. The van der Waals surface area contributed by atoms with Gasteiger partial charge in [-0.1, -0.05) is 54.1 Å². The lowest BCUT2D eigenvalue weighted by atomic mass is 10.1. The predicted octanol–water partition coefficient (Wildman–Crippen LogP) is 2.96. The summed E-state index contributed by atoms with van der Waals surface area (Å²) in [6, 6.07) is 8.07. The Bertz CT molecular complexity index is 889. The van der Waals surface area contributed by atoms with E-state index >= 15 is 0 Å². The first-order valence-electron chi connectivity index (χ1n) is 10.5. The van der Waals surface area contributed by atoms with Crippen molar-refractivity contribution >= 4 is 40.0 Å². The summed E-state index contributed by atoms with van der Waals surface area (Å²) < 4.78 is 0.810. The van der Waals surface area contributed by atoms with E-state index < -0.39 is 0 Å². The Morgan fingerprint density at radius 2 is 1.87 bits per heavy atom. The topological polar surface area (TPSA) is 78.4 Å². The van der Waals surface area contributed by atoms with Crippen LogP contribution in [0.1, 0.15) is 41.6 Å². The van der Waals surface area contributed by atoms with Crippen LogP contribution in [0, 0.1) is 6.92 Å². The van der Waals surface area contributed by atoms with E-state index in [9.17, 15) is 9.59 Å². The summed E-state index contributed by atoms with van der Waals surface area (Å²) in [6.45, 7) is 4.77. The number of aromatic nitrogens is 2. The Hall–Kier alpha value is -2.13. The molecule has 2 aliphatic rings. The molecule has 1 aliphatic carbocycles. The number of carbonyl (C=O) groups excluding carboxylic acids is 2. The summed E-state index contributed by atoms with van der Waals surface area (Å²) in [5.74, 6) is 0.547. The van der Waals surface area contributed by atoms with Crippen molar-refractivity contribution in [1.82, 2.24) is 20.4 Å². The molecule has 1 aromatic heterocycles. The zero-order valence-corrected chi connectivity index (χ0v) is 18.8. The van der Waals surface area contributed by atoms with E-state index in [1.165, 1.54) is 35.9 Å². The Morgan fingerprint density at radius 3 is 2.60 bits per heavy atom. The molecule has 30 heavy (non-hydrogen) atoms. The maximum absolute atomic E-state index is 12.8. The quantitative estimate of drug-likeness (QED) is 0.689. The van der Waals surface area contributed by atoms with Crippen LogP contribution in [0.5, 0.6) is 0 Å².